The summed E-state index contributed by atoms with van der Waals surface area (Å²) in [7, 11) is 0. The Hall–Kier alpha value is -1.43. The van der Waals surface area contributed by atoms with Crippen LogP contribution >= 0.6 is 22.6 Å². The Kier molecular flexibility index (Phi) is 4.30. The molecule has 0 fully saturated rings. The van der Waals surface area contributed by atoms with E-state index < -0.39 is 0 Å². The first-order chi connectivity index (χ1) is 8.70. The van der Waals surface area contributed by atoms with Gasteiger partial charge in [-0.2, -0.15) is 0 Å². The normalized spacial score (nSPS) is 10.1. The van der Waals surface area contributed by atoms with E-state index in [-0.39, 0.29) is 0 Å². The summed E-state index contributed by atoms with van der Waals surface area (Å²) in [5.74, 6) is 2.03. The molecule has 2 aromatic rings. The lowest BCUT2D eigenvalue weighted by Crippen LogP contribution is -1.99. The number of halogens is 1. The average molecular weight is 355 g/mol. The lowest BCUT2D eigenvalue weighted by atomic mass is 10.2. The van der Waals surface area contributed by atoms with Crippen LogP contribution in [-0.2, 0) is 0 Å². The van der Waals surface area contributed by atoms with E-state index in [0.29, 0.717) is 23.8 Å². The number of anilines is 1. The van der Waals surface area contributed by atoms with Gasteiger partial charge in [-0.1, -0.05) is 12.1 Å². The van der Waals surface area contributed by atoms with Crippen molar-refractivity contribution >= 4 is 28.3 Å². The van der Waals surface area contributed by atoms with E-state index in [1.165, 1.54) is 0 Å². The van der Waals surface area contributed by atoms with Crippen LogP contribution in [0.5, 0.6) is 17.2 Å². The van der Waals surface area contributed by atoms with Gasteiger partial charge < -0.3 is 15.2 Å². The van der Waals surface area contributed by atoms with Crippen molar-refractivity contribution in [2.24, 2.45) is 0 Å². The maximum Gasteiger partial charge on any atom is 0.154 e. The van der Waals surface area contributed by atoms with Crippen LogP contribution in [0.3, 0.4) is 0 Å². The van der Waals surface area contributed by atoms with Crippen molar-refractivity contribution in [1.82, 2.24) is 0 Å². The van der Waals surface area contributed by atoms with Crippen molar-refractivity contribution in [3.63, 3.8) is 0 Å². The molecular formula is C14H14INO2. The van der Waals surface area contributed by atoms with Gasteiger partial charge in [0.2, 0.25) is 0 Å². The van der Waals surface area contributed by atoms with Crippen molar-refractivity contribution in [3.05, 3.63) is 46.0 Å². The van der Waals surface area contributed by atoms with Crippen LogP contribution in [0.1, 0.15) is 6.92 Å². The Balaban J connectivity index is 2.26. The van der Waals surface area contributed by atoms with Crippen LogP contribution in [0, 0.1) is 3.57 Å². The highest BCUT2D eigenvalue weighted by Gasteiger charge is 2.07. The van der Waals surface area contributed by atoms with Crippen molar-refractivity contribution < 1.29 is 9.47 Å². The fourth-order valence-electron chi connectivity index (χ4n) is 1.55. The zero-order valence-electron chi connectivity index (χ0n) is 10.0. The molecule has 0 unspecified atom stereocenters. The molecular weight excluding hydrogens is 341 g/mol. The fourth-order valence-corrected chi connectivity index (χ4v) is 2.07. The van der Waals surface area contributed by atoms with E-state index in [9.17, 15) is 0 Å². The molecule has 4 heteroatoms. The van der Waals surface area contributed by atoms with Gasteiger partial charge in [0.15, 0.2) is 5.75 Å². The smallest absolute Gasteiger partial charge is 0.154 e. The van der Waals surface area contributed by atoms with Crippen LogP contribution in [-0.4, -0.2) is 6.61 Å². The predicted octanol–water partition coefficient (Wildman–Crippen LogP) is 4.06. The Bertz CT molecular complexity index is 543. The average Bonchev–Trinajstić information content (AvgIpc) is 2.35. The summed E-state index contributed by atoms with van der Waals surface area (Å²) in [6.45, 7) is 2.50. The van der Waals surface area contributed by atoms with E-state index in [1.54, 1.807) is 0 Å². The maximum atomic E-state index is 6.00. The molecule has 94 valence electrons. The molecule has 0 heterocycles. The number of para-hydroxylation sites is 1. The van der Waals surface area contributed by atoms with Crippen LogP contribution in [0.25, 0.3) is 0 Å². The van der Waals surface area contributed by atoms with Gasteiger partial charge in [-0.05, 0) is 59.8 Å². The molecule has 0 bridgehead atoms. The molecule has 3 nitrogen and oxygen atoms in total. The van der Waals surface area contributed by atoms with Gasteiger partial charge in [0.1, 0.15) is 17.2 Å². The Morgan fingerprint density at radius 2 is 1.83 bits per heavy atom. The minimum atomic E-state index is 0.526. The van der Waals surface area contributed by atoms with Crippen LogP contribution in [0.2, 0.25) is 0 Å². The first-order valence-corrected chi connectivity index (χ1v) is 6.73. The van der Waals surface area contributed by atoms with Crippen molar-refractivity contribution in [1.29, 1.82) is 0 Å². The van der Waals surface area contributed by atoms with Gasteiger partial charge in [0, 0.05) is 3.57 Å². The second kappa shape index (κ2) is 5.95. The molecule has 18 heavy (non-hydrogen) atoms. The Labute approximate surface area is 120 Å². The number of nitrogen functional groups attached to an aromatic ring is 1. The van der Waals surface area contributed by atoms with E-state index >= 15 is 0 Å². The van der Waals surface area contributed by atoms with Crippen LogP contribution in [0.4, 0.5) is 5.69 Å². The standard InChI is InChI=1S/C14H14INO2/c1-2-17-12-7-4-8-13(14(12)16)18-11-6-3-5-10(15)9-11/h3-9H,2,16H2,1H3. The monoisotopic (exact) mass is 355 g/mol. The van der Waals surface area contributed by atoms with Crippen molar-refractivity contribution in [2.75, 3.05) is 12.3 Å². The Morgan fingerprint density at radius 3 is 2.56 bits per heavy atom. The van der Waals surface area contributed by atoms with Crippen LogP contribution < -0.4 is 15.2 Å². The predicted molar refractivity (Wildman–Crippen MR) is 81.3 cm³/mol. The maximum absolute atomic E-state index is 6.00. The molecule has 0 aliphatic heterocycles. The second-order valence-corrected chi connectivity index (χ2v) is 4.91. The summed E-state index contributed by atoms with van der Waals surface area (Å²) in [5, 5.41) is 0. The largest absolute Gasteiger partial charge is 0.492 e. The number of rotatable bonds is 4. The molecule has 0 aromatic heterocycles. The lowest BCUT2D eigenvalue weighted by molar-refractivity contribution is 0.340. The molecule has 0 saturated heterocycles. The highest BCUT2D eigenvalue weighted by molar-refractivity contribution is 14.1. The van der Waals surface area contributed by atoms with E-state index in [4.69, 9.17) is 15.2 Å². The van der Waals surface area contributed by atoms with E-state index in [2.05, 4.69) is 22.6 Å². The zero-order valence-corrected chi connectivity index (χ0v) is 12.2. The zero-order chi connectivity index (χ0) is 13.0. The molecule has 0 radical (unpaired) electrons. The van der Waals surface area contributed by atoms with E-state index in [1.807, 2.05) is 49.4 Å². The number of nitrogens with two attached hydrogens (primary N) is 1. The third-order valence-corrected chi connectivity index (χ3v) is 3.02. The van der Waals surface area contributed by atoms with Gasteiger partial charge in [0.25, 0.3) is 0 Å². The number of hydrogen-bond donors (Lipinski definition) is 1. The third kappa shape index (κ3) is 3.07. The van der Waals surface area contributed by atoms with Gasteiger partial charge >= 0.3 is 0 Å². The SMILES string of the molecule is CCOc1cccc(Oc2cccc(I)c2)c1N. The highest BCUT2D eigenvalue weighted by atomic mass is 127. The molecule has 2 rings (SSSR count). The quantitative estimate of drug-likeness (QED) is 0.664. The summed E-state index contributed by atoms with van der Waals surface area (Å²) >= 11 is 2.24. The third-order valence-electron chi connectivity index (χ3n) is 2.35. The molecule has 0 aliphatic rings. The molecule has 0 amide bonds. The summed E-state index contributed by atoms with van der Waals surface area (Å²) in [5.41, 5.74) is 6.53. The Morgan fingerprint density at radius 1 is 1.11 bits per heavy atom. The summed E-state index contributed by atoms with van der Waals surface area (Å²) < 4.78 is 12.3. The van der Waals surface area contributed by atoms with E-state index in [0.717, 1.165) is 9.32 Å². The molecule has 0 atom stereocenters. The minimum absolute atomic E-state index is 0.526. The van der Waals surface area contributed by atoms with Crippen LogP contribution in [0.15, 0.2) is 42.5 Å². The fraction of sp³-hybridized carbons (Fsp3) is 0.143. The lowest BCUT2D eigenvalue weighted by Gasteiger charge is -2.12. The number of hydrogen-bond acceptors (Lipinski definition) is 3. The van der Waals surface area contributed by atoms with Gasteiger partial charge in [0.05, 0.1) is 6.61 Å². The number of benzene rings is 2. The first kappa shape index (κ1) is 13.0. The van der Waals surface area contributed by atoms with Gasteiger partial charge in [-0.15, -0.1) is 0 Å². The van der Waals surface area contributed by atoms with Crippen molar-refractivity contribution in [3.8, 4) is 17.2 Å². The molecule has 2 N–H and O–H groups in total. The highest BCUT2D eigenvalue weighted by Crippen LogP contribution is 2.34. The molecule has 0 saturated carbocycles. The first-order valence-electron chi connectivity index (χ1n) is 5.65. The van der Waals surface area contributed by atoms with Gasteiger partial charge in [-0.3, -0.25) is 0 Å². The van der Waals surface area contributed by atoms with Gasteiger partial charge in [-0.25, -0.2) is 0 Å². The molecule has 0 aliphatic carbocycles. The minimum Gasteiger partial charge on any atom is -0.492 e. The molecule has 2 aromatic carbocycles. The summed E-state index contributed by atoms with van der Waals surface area (Å²) in [4.78, 5) is 0. The van der Waals surface area contributed by atoms with Crippen molar-refractivity contribution in [2.45, 2.75) is 6.92 Å². The summed E-state index contributed by atoms with van der Waals surface area (Å²) in [6, 6.07) is 13.3. The molecule has 0 spiro atoms. The second-order valence-electron chi connectivity index (χ2n) is 3.66. The summed E-state index contributed by atoms with van der Waals surface area (Å²) in [6.07, 6.45) is 0. The number of ether oxygens (including phenoxy) is 2. The topological polar surface area (TPSA) is 44.5 Å².